The Balaban J connectivity index is 1.59. The molecule has 0 N–H and O–H groups in total. The molecule has 3 rings (SSSR count). The van der Waals surface area contributed by atoms with E-state index < -0.39 is 0 Å². The van der Waals surface area contributed by atoms with Crippen molar-refractivity contribution in [1.82, 2.24) is 19.4 Å². The summed E-state index contributed by atoms with van der Waals surface area (Å²) in [4.78, 5) is 13.5. The highest BCUT2D eigenvalue weighted by atomic mass is 15.2. The number of anilines is 1. The molecule has 0 amide bonds. The van der Waals surface area contributed by atoms with Crippen molar-refractivity contribution < 1.29 is 0 Å². The molecule has 0 saturated carbocycles. The third-order valence-electron chi connectivity index (χ3n) is 4.79. The zero-order chi connectivity index (χ0) is 17.6. The molecule has 1 aliphatic rings. The average Bonchev–Trinajstić information content (AvgIpc) is 3.10. The first-order valence-corrected chi connectivity index (χ1v) is 8.95. The lowest BCUT2D eigenvalue weighted by Gasteiger charge is -2.32. The number of aryl methyl sites for hydroxylation is 1. The maximum Gasteiger partial charge on any atom is 0.142 e. The topological polar surface area (TPSA) is 61.0 Å². The smallest absolute Gasteiger partial charge is 0.142 e. The standard InChI is InChI=1S/C19H26N6/c1-23(2)10-4-11-25-14-9-21-19(25)16-7-12-24(13-8-16)18-6-3-5-17(15-20)22-18/h3,5-6,9,14,16H,4,7-8,10-13H2,1-2H3. The Morgan fingerprint density at radius 3 is 2.80 bits per heavy atom. The number of pyridine rings is 1. The number of rotatable bonds is 6. The summed E-state index contributed by atoms with van der Waals surface area (Å²) in [5.41, 5.74) is 0.482. The van der Waals surface area contributed by atoms with Crippen LogP contribution in [0.25, 0.3) is 0 Å². The lowest BCUT2D eigenvalue weighted by atomic mass is 9.96. The molecule has 0 spiro atoms. The third kappa shape index (κ3) is 4.37. The van der Waals surface area contributed by atoms with Gasteiger partial charge in [0.1, 0.15) is 23.4 Å². The van der Waals surface area contributed by atoms with Gasteiger partial charge in [-0.3, -0.25) is 0 Å². The largest absolute Gasteiger partial charge is 0.357 e. The van der Waals surface area contributed by atoms with Gasteiger partial charge in [0.15, 0.2) is 0 Å². The number of nitrogens with zero attached hydrogens (tertiary/aromatic N) is 6. The van der Waals surface area contributed by atoms with Gasteiger partial charge in [0.05, 0.1) is 0 Å². The predicted octanol–water partition coefficient (Wildman–Crippen LogP) is 2.49. The van der Waals surface area contributed by atoms with Gasteiger partial charge in [0.25, 0.3) is 0 Å². The average molecular weight is 338 g/mol. The van der Waals surface area contributed by atoms with Gasteiger partial charge in [-0.1, -0.05) is 6.07 Å². The molecule has 1 fully saturated rings. The van der Waals surface area contributed by atoms with E-state index in [4.69, 9.17) is 5.26 Å². The van der Waals surface area contributed by atoms with Crippen LogP contribution < -0.4 is 4.90 Å². The molecule has 0 aliphatic carbocycles. The zero-order valence-corrected chi connectivity index (χ0v) is 15.1. The molecule has 0 aromatic carbocycles. The lowest BCUT2D eigenvalue weighted by molar-refractivity contribution is 0.380. The highest BCUT2D eigenvalue weighted by molar-refractivity contribution is 5.42. The monoisotopic (exact) mass is 338 g/mol. The van der Waals surface area contributed by atoms with E-state index in [-0.39, 0.29) is 0 Å². The van der Waals surface area contributed by atoms with Gasteiger partial charge in [-0.15, -0.1) is 0 Å². The van der Waals surface area contributed by atoms with Crippen LogP contribution in [0.2, 0.25) is 0 Å². The number of hydrogen-bond donors (Lipinski definition) is 0. The van der Waals surface area contributed by atoms with E-state index in [2.05, 4.69) is 50.7 Å². The quantitative estimate of drug-likeness (QED) is 0.810. The molecule has 132 valence electrons. The summed E-state index contributed by atoms with van der Waals surface area (Å²) in [7, 11) is 4.22. The van der Waals surface area contributed by atoms with Crippen LogP contribution in [0.4, 0.5) is 5.82 Å². The Bertz CT molecular complexity index is 722. The molecule has 6 nitrogen and oxygen atoms in total. The molecule has 1 saturated heterocycles. The van der Waals surface area contributed by atoms with Gasteiger partial charge >= 0.3 is 0 Å². The van der Waals surface area contributed by atoms with Gasteiger partial charge in [-0.05, 0) is 52.0 Å². The molecule has 25 heavy (non-hydrogen) atoms. The van der Waals surface area contributed by atoms with Crippen LogP contribution in [0.15, 0.2) is 30.6 Å². The maximum atomic E-state index is 9.02. The summed E-state index contributed by atoms with van der Waals surface area (Å²) < 4.78 is 2.32. The Morgan fingerprint density at radius 2 is 2.08 bits per heavy atom. The van der Waals surface area contributed by atoms with Crippen molar-refractivity contribution in [2.24, 2.45) is 0 Å². The van der Waals surface area contributed by atoms with Crippen molar-refractivity contribution in [3.05, 3.63) is 42.1 Å². The van der Waals surface area contributed by atoms with Crippen LogP contribution in [0.1, 0.15) is 36.7 Å². The van der Waals surface area contributed by atoms with E-state index in [0.717, 1.165) is 51.3 Å². The number of aromatic nitrogens is 3. The maximum absolute atomic E-state index is 9.02. The molecule has 3 heterocycles. The minimum absolute atomic E-state index is 0.482. The fourth-order valence-corrected chi connectivity index (χ4v) is 3.46. The van der Waals surface area contributed by atoms with Gasteiger partial charge in [0.2, 0.25) is 0 Å². The van der Waals surface area contributed by atoms with Crippen LogP contribution in [0.3, 0.4) is 0 Å². The van der Waals surface area contributed by atoms with Crippen molar-refractivity contribution in [3.63, 3.8) is 0 Å². The molecule has 1 aliphatic heterocycles. The van der Waals surface area contributed by atoms with Gasteiger partial charge < -0.3 is 14.4 Å². The van der Waals surface area contributed by atoms with Gasteiger partial charge in [-0.25, -0.2) is 9.97 Å². The number of piperidine rings is 1. The van der Waals surface area contributed by atoms with Gasteiger partial charge in [0, 0.05) is 37.9 Å². The molecule has 0 radical (unpaired) electrons. The van der Waals surface area contributed by atoms with Crippen LogP contribution in [-0.2, 0) is 6.54 Å². The predicted molar refractivity (Wildman–Crippen MR) is 98.5 cm³/mol. The minimum Gasteiger partial charge on any atom is -0.357 e. The Morgan fingerprint density at radius 1 is 1.28 bits per heavy atom. The van der Waals surface area contributed by atoms with E-state index in [1.54, 1.807) is 6.07 Å². The second kappa shape index (κ2) is 8.13. The van der Waals surface area contributed by atoms with Crippen LogP contribution >= 0.6 is 0 Å². The highest BCUT2D eigenvalue weighted by Gasteiger charge is 2.24. The SMILES string of the molecule is CN(C)CCCn1ccnc1C1CCN(c2cccc(C#N)n2)CC1. The first-order chi connectivity index (χ1) is 12.2. The molecule has 6 heteroatoms. The van der Waals surface area contributed by atoms with E-state index >= 15 is 0 Å². The Kier molecular flexibility index (Phi) is 5.67. The van der Waals surface area contributed by atoms with E-state index in [9.17, 15) is 0 Å². The van der Waals surface area contributed by atoms with Crippen molar-refractivity contribution in [3.8, 4) is 6.07 Å². The normalized spacial score (nSPS) is 15.5. The molecule has 0 unspecified atom stereocenters. The molecule has 2 aromatic rings. The fraction of sp³-hybridized carbons (Fsp3) is 0.526. The molecular weight excluding hydrogens is 312 g/mol. The molecule has 0 atom stereocenters. The Hall–Kier alpha value is -2.39. The van der Waals surface area contributed by atoms with Gasteiger partial charge in [-0.2, -0.15) is 5.26 Å². The van der Waals surface area contributed by atoms with Crippen molar-refractivity contribution in [1.29, 1.82) is 5.26 Å². The highest BCUT2D eigenvalue weighted by Crippen LogP contribution is 2.29. The summed E-state index contributed by atoms with van der Waals surface area (Å²) in [5.74, 6) is 2.63. The molecule has 2 aromatic heterocycles. The van der Waals surface area contributed by atoms with E-state index in [1.807, 2.05) is 18.3 Å². The molecule has 0 bridgehead atoms. The second-order valence-corrected chi connectivity index (χ2v) is 6.89. The summed E-state index contributed by atoms with van der Waals surface area (Å²) in [5, 5.41) is 9.02. The first kappa shape index (κ1) is 17.4. The molecular formula is C19H26N6. The Labute approximate surface area is 149 Å². The fourth-order valence-electron chi connectivity index (χ4n) is 3.46. The minimum atomic E-state index is 0.482. The van der Waals surface area contributed by atoms with Crippen LogP contribution in [-0.4, -0.2) is 53.2 Å². The lowest BCUT2D eigenvalue weighted by Crippen LogP contribution is -2.34. The summed E-state index contributed by atoms with van der Waals surface area (Å²) in [6.45, 7) is 4.03. The van der Waals surface area contributed by atoms with Crippen molar-refractivity contribution in [2.75, 3.05) is 38.6 Å². The summed E-state index contributed by atoms with van der Waals surface area (Å²) in [6, 6.07) is 7.77. The first-order valence-electron chi connectivity index (χ1n) is 8.95. The summed E-state index contributed by atoms with van der Waals surface area (Å²) >= 11 is 0. The van der Waals surface area contributed by atoms with Crippen LogP contribution in [0.5, 0.6) is 0 Å². The number of hydrogen-bond acceptors (Lipinski definition) is 5. The summed E-state index contributed by atoms with van der Waals surface area (Å²) in [6.07, 6.45) is 7.32. The van der Waals surface area contributed by atoms with E-state index in [1.165, 1.54) is 5.82 Å². The number of imidazole rings is 1. The zero-order valence-electron chi connectivity index (χ0n) is 15.1. The van der Waals surface area contributed by atoms with Crippen molar-refractivity contribution in [2.45, 2.75) is 31.7 Å². The third-order valence-corrected chi connectivity index (χ3v) is 4.79. The van der Waals surface area contributed by atoms with Crippen molar-refractivity contribution >= 4 is 5.82 Å². The number of nitriles is 1. The van der Waals surface area contributed by atoms with Crippen LogP contribution in [0, 0.1) is 11.3 Å². The van der Waals surface area contributed by atoms with E-state index in [0.29, 0.717) is 11.6 Å². The second-order valence-electron chi connectivity index (χ2n) is 6.89.